The zero-order chi connectivity index (χ0) is 9.80. The molecule has 1 unspecified atom stereocenters. The number of rotatable bonds is 4. The summed E-state index contributed by atoms with van der Waals surface area (Å²) in [6.07, 6.45) is 2.88. The molecule has 1 aromatic rings. The Morgan fingerprint density at radius 2 is 2.57 bits per heavy atom. The molecule has 1 aromatic heterocycles. The minimum absolute atomic E-state index is 0.127. The molecule has 1 atom stereocenters. The summed E-state index contributed by atoms with van der Waals surface area (Å²) >= 11 is 0. The Bertz CT molecular complexity index is 288. The molecule has 2 heterocycles. The van der Waals surface area contributed by atoms with Crippen LogP contribution in [0, 0.1) is 0 Å². The molecule has 2 rings (SSSR count). The van der Waals surface area contributed by atoms with Crippen molar-refractivity contribution in [3.05, 3.63) is 24.0 Å². The van der Waals surface area contributed by atoms with Gasteiger partial charge in [-0.1, -0.05) is 0 Å². The number of hydrogen-bond acceptors (Lipinski definition) is 3. The second-order valence-electron chi connectivity index (χ2n) is 3.58. The molecule has 0 amide bonds. The van der Waals surface area contributed by atoms with Crippen LogP contribution in [0.3, 0.4) is 0 Å². The maximum Gasteiger partial charge on any atom is 0.192 e. The summed E-state index contributed by atoms with van der Waals surface area (Å²) in [6, 6.07) is 4.09. The second-order valence-corrected chi connectivity index (χ2v) is 3.58. The van der Waals surface area contributed by atoms with Crippen LogP contribution >= 0.6 is 0 Å². The van der Waals surface area contributed by atoms with Crippen LogP contribution in [0.1, 0.15) is 16.9 Å². The van der Waals surface area contributed by atoms with Crippen molar-refractivity contribution in [2.24, 2.45) is 0 Å². The van der Waals surface area contributed by atoms with Crippen LogP contribution in [-0.2, 0) is 0 Å². The Morgan fingerprint density at radius 1 is 1.64 bits per heavy atom. The first kappa shape index (κ1) is 9.43. The van der Waals surface area contributed by atoms with E-state index in [0.29, 0.717) is 18.3 Å². The maximum absolute atomic E-state index is 11.5. The summed E-state index contributed by atoms with van der Waals surface area (Å²) in [5.41, 5.74) is 0.684. The van der Waals surface area contributed by atoms with Gasteiger partial charge in [0.1, 0.15) is 0 Å². The second kappa shape index (κ2) is 4.39. The fraction of sp³-hybridized carbons (Fsp3) is 0.500. The molecule has 0 saturated carbocycles. The predicted octanol–water partition coefficient (Wildman–Crippen LogP) is 0.149. The topological polar surface area (TPSA) is 56.9 Å². The van der Waals surface area contributed by atoms with Crippen molar-refractivity contribution >= 4 is 5.78 Å². The van der Waals surface area contributed by atoms with Gasteiger partial charge in [-0.25, -0.2) is 0 Å². The van der Waals surface area contributed by atoms with E-state index in [1.54, 1.807) is 12.3 Å². The van der Waals surface area contributed by atoms with E-state index in [0.717, 1.165) is 19.5 Å². The lowest BCUT2D eigenvalue weighted by Gasteiger charge is -2.09. The molecule has 0 aliphatic carbocycles. The van der Waals surface area contributed by atoms with Crippen LogP contribution in [0.4, 0.5) is 0 Å². The molecule has 0 bridgehead atoms. The quantitative estimate of drug-likeness (QED) is 0.597. The molecule has 1 fully saturated rings. The number of Topliss-reactive ketones (excluding diaryl/α,β-unsaturated/α-hetero) is 1. The van der Waals surface area contributed by atoms with Crippen LogP contribution < -0.4 is 10.6 Å². The smallest absolute Gasteiger partial charge is 0.192 e. The fourth-order valence-electron chi connectivity index (χ4n) is 1.66. The third-order valence-corrected chi connectivity index (χ3v) is 2.51. The molecule has 76 valence electrons. The molecule has 1 aliphatic rings. The van der Waals surface area contributed by atoms with Crippen LogP contribution in [0.5, 0.6) is 0 Å². The highest BCUT2D eigenvalue weighted by molar-refractivity contribution is 5.95. The molecule has 4 heteroatoms. The van der Waals surface area contributed by atoms with Crippen LogP contribution in [0.25, 0.3) is 0 Å². The number of ketones is 1. The lowest BCUT2D eigenvalue weighted by Crippen LogP contribution is -2.35. The highest BCUT2D eigenvalue weighted by Crippen LogP contribution is 1.99. The monoisotopic (exact) mass is 193 g/mol. The number of aromatic amines is 1. The highest BCUT2D eigenvalue weighted by Gasteiger charge is 2.15. The molecule has 1 aliphatic heterocycles. The third-order valence-electron chi connectivity index (χ3n) is 2.51. The maximum atomic E-state index is 11.5. The Balaban J connectivity index is 1.78. The van der Waals surface area contributed by atoms with Gasteiger partial charge in [0.15, 0.2) is 5.78 Å². The number of nitrogens with one attached hydrogen (secondary N) is 3. The lowest BCUT2D eigenvalue weighted by molar-refractivity contribution is 0.0984. The summed E-state index contributed by atoms with van der Waals surface area (Å²) < 4.78 is 0. The van der Waals surface area contributed by atoms with Gasteiger partial charge in [0.05, 0.1) is 12.2 Å². The predicted molar refractivity (Wildman–Crippen MR) is 54.4 cm³/mol. The van der Waals surface area contributed by atoms with E-state index in [4.69, 9.17) is 0 Å². The first-order valence-electron chi connectivity index (χ1n) is 4.97. The molecule has 0 spiro atoms. The summed E-state index contributed by atoms with van der Waals surface area (Å²) in [5.74, 6) is 0.127. The minimum Gasteiger partial charge on any atom is -0.359 e. The lowest BCUT2D eigenvalue weighted by atomic mass is 10.2. The number of carbonyl (C=O) groups excluding carboxylic acids is 1. The van der Waals surface area contributed by atoms with Gasteiger partial charge in [-0.2, -0.15) is 0 Å². The van der Waals surface area contributed by atoms with E-state index >= 15 is 0 Å². The third kappa shape index (κ3) is 2.21. The van der Waals surface area contributed by atoms with Gasteiger partial charge in [-0.15, -0.1) is 0 Å². The summed E-state index contributed by atoms with van der Waals surface area (Å²) in [5, 5.41) is 6.49. The van der Waals surface area contributed by atoms with Gasteiger partial charge in [0.25, 0.3) is 0 Å². The van der Waals surface area contributed by atoms with Crippen LogP contribution in [-0.4, -0.2) is 36.4 Å². The molecule has 14 heavy (non-hydrogen) atoms. The van der Waals surface area contributed by atoms with Crippen molar-refractivity contribution in [1.82, 2.24) is 15.6 Å². The van der Waals surface area contributed by atoms with E-state index < -0.39 is 0 Å². The van der Waals surface area contributed by atoms with E-state index in [1.165, 1.54) is 0 Å². The van der Waals surface area contributed by atoms with Crippen molar-refractivity contribution < 1.29 is 4.79 Å². The molecular formula is C10H15N3O. The first-order chi connectivity index (χ1) is 6.86. The minimum atomic E-state index is 0.127. The van der Waals surface area contributed by atoms with Gasteiger partial charge in [0.2, 0.25) is 0 Å². The Kier molecular flexibility index (Phi) is 2.96. The number of H-pyrrole nitrogens is 1. The van der Waals surface area contributed by atoms with Crippen LogP contribution in [0.15, 0.2) is 18.3 Å². The van der Waals surface area contributed by atoms with Crippen molar-refractivity contribution in [2.75, 3.05) is 19.6 Å². The zero-order valence-electron chi connectivity index (χ0n) is 8.05. The van der Waals surface area contributed by atoms with Gasteiger partial charge < -0.3 is 15.6 Å². The van der Waals surface area contributed by atoms with Crippen molar-refractivity contribution in [2.45, 2.75) is 12.5 Å². The summed E-state index contributed by atoms with van der Waals surface area (Å²) in [6.45, 7) is 2.44. The van der Waals surface area contributed by atoms with Gasteiger partial charge >= 0.3 is 0 Å². The highest BCUT2D eigenvalue weighted by atomic mass is 16.1. The number of carbonyl (C=O) groups is 1. The van der Waals surface area contributed by atoms with Crippen LogP contribution in [0.2, 0.25) is 0 Å². The molecule has 4 nitrogen and oxygen atoms in total. The Morgan fingerprint density at radius 3 is 3.21 bits per heavy atom. The SMILES string of the molecule is O=C(CNC1CCNC1)c1ccc[nH]1. The first-order valence-corrected chi connectivity index (χ1v) is 4.97. The zero-order valence-corrected chi connectivity index (χ0v) is 8.05. The molecule has 1 saturated heterocycles. The Hall–Kier alpha value is -1.13. The van der Waals surface area contributed by atoms with Gasteiger partial charge in [0, 0.05) is 18.8 Å². The van der Waals surface area contributed by atoms with Crippen molar-refractivity contribution in [3.8, 4) is 0 Å². The van der Waals surface area contributed by atoms with Crippen molar-refractivity contribution in [3.63, 3.8) is 0 Å². The molecule has 0 aromatic carbocycles. The van der Waals surface area contributed by atoms with Crippen molar-refractivity contribution in [1.29, 1.82) is 0 Å². The van der Waals surface area contributed by atoms with E-state index in [9.17, 15) is 4.79 Å². The Labute approximate surface area is 83.1 Å². The normalized spacial score (nSPS) is 21.3. The largest absolute Gasteiger partial charge is 0.359 e. The standard InChI is InChI=1S/C10H15N3O/c14-10(9-2-1-4-12-9)7-13-8-3-5-11-6-8/h1-2,4,8,11-13H,3,5-7H2. The average molecular weight is 193 g/mol. The fourth-order valence-corrected chi connectivity index (χ4v) is 1.66. The van der Waals surface area contributed by atoms with E-state index in [-0.39, 0.29) is 5.78 Å². The summed E-state index contributed by atoms with van der Waals surface area (Å²) in [4.78, 5) is 14.5. The number of hydrogen-bond donors (Lipinski definition) is 3. The summed E-state index contributed by atoms with van der Waals surface area (Å²) in [7, 11) is 0. The van der Waals surface area contributed by atoms with Gasteiger partial charge in [-0.05, 0) is 25.1 Å². The van der Waals surface area contributed by atoms with E-state index in [2.05, 4.69) is 15.6 Å². The van der Waals surface area contributed by atoms with Gasteiger partial charge in [-0.3, -0.25) is 4.79 Å². The average Bonchev–Trinajstić information content (AvgIpc) is 2.87. The van der Waals surface area contributed by atoms with E-state index in [1.807, 2.05) is 6.07 Å². The molecule has 0 radical (unpaired) electrons. The molecule has 3 N–H and O–H groups in total. The molecular weight excluding hydrogens is 178 g/mol. The number of aromatic nitrogens is 1.